The number of primary amides is 1. The van der Waals surface area contributed by atoms with Crippen LogP contribution < -0.4 is 21.7 Å². The van der Waals surface area contributed by atoms with Gasteiger partial charge in [-0.25, -0.2) is 39.7 Å². The van der Waals surface area contributed by atoms with Crippen LogP contribution >= 0.6 is 68.0 Å². The van der Waals surface area contributed by atoms with Gasteiger partial charge in [0.2, 0.25) is 5.91 Å². The highest BCUT2D eigenvalue weighted by Crippen LogP contribution is 2.42. The molecule has 0 aliphatic carbocycles. The van der Waals surface area contributed by atoms with Gasteiger partial charge in [0.15, 0.2) is 0 Å². The van der Waals surface area contributed by atoms with Crippen molar-refractivity contribution in [2.24, 2.45) is 16.8 Å². The Kier molecular flexibility index (Phi) is 14.0. The Balaban J connectivity index is 1.06. The van der Waals surface area contributed by atoms with E-state index in [0.717, 1.165) is 45.3 Å². The van der Waals surface area contributed by atoms with Crippen LogP contribution in [-0.2, 0) is 4.79 Å². The van der Waals surface area contributed by atoms with Crippen LogP contribution in [0.15, 0.2) is 74.5 Å². The number of aliphatic hydroxyl groups is 2. The molecule has 1 aromatic carbocycles. The Labute approximate surface area is 440 Å². The van der Waals surface area contributed by atoms with E-state index in [4.69, 9.17) is 26.2 Å². The summed E-state index contributed by atoms with van der Waals surface area (Å²) in [4.78, 5) is 118. The molecule has 0 unspecified atom stereocenters. The maximum absolute atomic E-state index is 14.2. The van der Waals surface area contributed by atoms with Gasteiger partial charge in [0, 0.05) is 54.7 Å². The van der Waals surface area contributed by atoms with Gasteiger partial charge in [-0.05, 0) is 35.3 Å². The first-order valence-corrected chi connectivity index (χ1v) is 27.1. The Hall–Kier alpha value is -7.60. The summed E-state index contributed by atoms with van der Waals surface area (Å²) in [6.07, 6.45) is -2.75. The van der Waals surface area contributed by atoms with Gasteiger partial charge < -0.3 is 31.5 Å². The molecule has 374 valence electrons. The van der Waals surface area contributed by atoms with E-state index in [1.54, 1.807) is 67.1 Å². The predicted molar refractivity (Wildman–Crippen MR) is 274 cm³/mol. The fourth-order valence-corrected chi connectivity index (χ4v) is 13.4. The third-order valence-corrected chi connectivity index (χ3v) is 17.3. The molecule has 10 bridgehead atoms. The Morgan fingerprint density at radius 3 is 2.23 bits per heavy atom. The van der Waals surface area contributed by atoms with Crippen LogP contribution in [0.25, 0.3) is 53.8 Å². The summed E-state index contributed by atoms with van der Waals surface area (Å²) in [5.41, 5.74) is 16.5. The van der Waals surface area contributed by atoms with E-state index in [-0.39, 0.29) is 39.3 Å². The zero-order chi connectivity index (χ0) is 51.9. The third kappa shape index (κ3) is 9.94. The van der Waals surface area contributed by atoms with Gasteiger partial charge in [-0.15, -0.1) is 68.0 Å². The number of hydrogen-bond acceptors (Lipinski definition) is 21. The van der Waals surface area contributed by atoms with Gasteiger partial charge in [-0.2, -0.15) is 0 Å². The fraction of sp³-hybridized carbons (Fsp3) is 0.222. The topological polar surface area (TPSA) is 347 Å². The van der Waals surface area contributed by atoms with Crippen molar-refractivity contribution < 1.29 is 39.0 Å². The molecule has 2 aliphatic rings. The first-order valence-electron chi connectivity index (χ1n) is 21.9. The summed E-state index contributed by atoms with van der Waals surface area (Å²) >= 11 is 6.70. The van der Waals surface area contributed by atoms with Crippen molar-refractivity contribution in [1.29, 1.82) is 0 Å². The number of urea groups is 1. The Morgan fingerprint density at radius 2 is 1.45 bits per heavy atom. The highest BCUT2D eigenvalue weighted by molar-refractivity contribution is 7.15. The van der Waals surface area contributed by atoms with E-state index < -0.39 is 78.2 Å². The number of amides is 7. The van der Waals surface area contributed by atoms with Crippen LogP contribution in [0.1, 0.15) is 105 Å². The van der Waals surface area contributed by atoms with Gasteiger partial charge in [0.05, 0.1) is 30.3 Å². The summed E-state index contributed by atoms with van der Waals surface area (Å²) in [7, 11) is 0. The summed E-state index contributed by atoms with van der Waals surface area (Å²) in [6.45, 7) is 3.27. The molecule has 2 aliphatic heterocycles. The maximum Gasteiger partial charge on any atom is 0.325 e. The van der Waals surface area contributed by atoms with Crippen LogP contribution in [0.2, 0.25) is 0 Å². The van der Waals surface area contributed by atoms with Crippen molar-refractivity contribution in [3.63, 3.8) is 0 Å². The van der Waals surface area contributed by atoms with E-state index >= 15 is 0 Å². The first kappa shape index (κ1) is 50.0. The molecule has 9 heterocycles. The lowest BCUT2D eigenvalue weighted by Gasteiger charge is -2.24. The zero-order valence-corrected chi connectivity index (χ0v) is 43.0. The molecule has 10 rings (SSSR count). The lowest BCUT2D eigenvalue weighted by Crippen LogP contribution is -2.43. The van der Waals surface area contributed by atoms with Gasteiger partial charge in [0.1, 0.15) is 82.0 Å². The molecular formula is C45H35N15O8S6. The molecule has 29 heteroatoms. The van der Waals surface area contributed by atoms with Gasteiger partial charge in [-0.3, -0.25) is 29.3 Å². The number of nitrogens with two attached hydrogens (primary N) is 1. The number of pyridine rings is 1. The Bertz CT molecular complexity index is 3580. The van der Waals surface area contributed by atoms with Crippen LogP contribution in [-0.4, -0.2) is 98.2 Å². The highest BCUT2D eigenvalue weighted by Gasteiger charge is 2.44. The third-order valence-electron chi connectivity index (χ3n) is 11.8. The number of imide groups is 1. The molecule has 1 saturated heterocycles. The molecule has 7 N–H and O–H groups in total. The van der Waals surface area contributed by atoms with E-state index in [1.807, 2.05) is 0 Å². The maximum atomic E-state index is 14.2. The number of aliphatic hydroxyl groups excluding tert-OH is 2. The van der Waals surface area contributed by atoms with Crippen molar-refractivity contribution in [3.05, 3.63) is 128 Å². The number of hydrogen-bond donors (Lipinski definition) is 6. The van der Waals surface area contributed by atoms with Crippen molar-refractivity contribution in [2.75, 3.05) is 6.54 Å². The molecule has 0 radical (unpaired) electrons. The molecule has 7 amide bonds. The second-order valence-corrected chi connectivity index (χ2v) is 22.2. The lowest BCUT2D eigenvalue weighted by molar-refractivity contribution is -0.118. The van der Waals surface area contributed by atoms with Gasteiger partial charge in [-0.1, -0.05) is 37.3 Å². The average molecular weight is 1110 g/mol. The molecule has 0 saturated carbocycles. The van der Waals surface area contributed by atoms with Crippen LogP contribution in [0.5, 0.6) is 0 Å². The average Bonchev–Trinajstić information content (AvgIpc) is 4.25. The fourth-order valence-electron chi connectivity index (χ4n) is 8.10. The van der Waals surface area contributed by atoms with Crippen molar-refractivity contribution >= 4 is 104 Å². The number of carbonyl (C=O) groups excluding carboxylic acids is 6. The van der Waals surface area contributed by atoms with E-state index in [2.05, 4.69) is 45.9 Å². The number of aromatic nitrogens is 7. The molecule has 0 spiro atoms. The minimum atomic E-state index is -1.39. The number of aryl methyl sites for hydroxylation is 1. The number of nitrogens with one attached hydrogen (secondary N) is 3. The quantitative estimate of drug-likeness (QED) is 0.0554. The highest BCUT2D eigenvalue weighted by atomic mass is 32.1. The number of rotatable bonds is 6. The molecule has 6 atom stereocenters. The lowest BCUT2D eigenvalue weighted by atomic mass is 10.0. The number of nitrogens with zero attached hydrogens (tertiary/aromatic N) is 11. The number of benzene rings is 1. The predicted octanol–water partition coefficient (Wildman–Crippen LogP) is 7.02. The normalized spacial score (nSPS) is 19.5. The van der Waals surface area contributed by atoms with Crippen LogP contribution in [0.4, 0.5) is 4.79 Å². The van der Waals surface area contributed by atoms with Crippen molar-refractivity contribution in [2.45, 2.75) is 50.6 Å². The summed E-state index contributed by atoms with van der Waals surface area (Å²) in [5.74, 6) is -4.46. The van der Waals surface area contributed by atoms with E-state index in [9.17, 15) is 39.0 Å². The summed E-state index contributed by atoms with van der Waals surface area (Å²) in [6, 6.07) is 7.89. The van der Waals surface area contributed by atoms with Crippen molar-refractivity contribution in [3.8, 4) is 43.4 Å². The smallest absolute Gasteiger partial charge is 0.325 e. The van der Waals surface area contributed by atoms with Crippen molar-refractivity contribution in [1.82, 2.24) is 55.7 Å². The molecular weight excluding hydrogens is 1070 g/mol. The van der Waals surface area contributed by atoms with E-state index in [0.29, 0.717) is 58.8 Å². The largest absolute Gasteiger partial charge is 0.391 e. The minimum absolute atomic E-state index is 0.0305. The van der Waals surface area contributed by atoms with Gasteiger partial charge >= 0.3 is 6.03 Å². The Morgan fingerprint density at radius 1 is 0.770 bits per heavy atom. The standard InChI is InChI=1S/C45H35N15O8S6/c1-17-28(61)11-60-33(17)44-54-27(16-73-44)41-50-23(12-70-41)31-20(8-9-21(48-31)40-52-26(15-71-40)37(66)58-59-47)39-51-24(13-69-39)35(64)49-22(10-29(46)62)42-56-30(18(2)74-42)38(67)55-32(34(63)19-6-4-3-5-7-19)43-53-25(14-72-43)36(65)57-45(60)68/h3-9,12-17,22,28,32-34,61,63H,10-11H2,1-2H3,(H2,46,62)(H,49,64)(H,55,67)(H,57,65,68)/t17-,22-,28-,32-,33-,34+/m0/s1. The molecule has 74 heavy (non-hydrogen) atoms. The zero-order valence-electron chi connectivity index (χ0n) is 38.1. The minimum Gasteiger partial charge on any atom is -0.391 e. The van der Waals surface area contributed by atoms with Crippen LogP contribution in [0.3, 0.4) is 0 Å². The van der Waals surface area contributed by atoms with E-state index in [1.165, 1.54) is 43.7 Å². The molecule has 23 nitrogen and oxygen atoms in total. The number of thiazole rings is 6. The molecule has 7 aromatic heterocycles. The first-order chi connectivity index (χ1) is 35.6. The number of fused-ring (bicyclic) bond motifs is 16. The molecule has 1 fully saturated rings. The van der Waals surface area contributed by atoms with Gasteiger partial charge in [0.25, 0.3) is 23.6 Å². The summed E-state index contributed by atoms with van der Waals surface area (Å²) < 4.78 is 0. The second-order valence-electron chi connectivity index (χ2n) is 16.6. The SMILES string of the molecule is Cc1sc2nc1C(=O)N[C@@H]([C@H](O)c1ccccc1)c1nc(cs1)C(=O)NC(=O)N1C[C@H](O)[C@H](C)[C@H]1c1nc(cs1)-c1nc(cs1)-c1nc(-c3nc(C(=O)N=[N+]=[N-])cs3)ccc1-c1nc(cs1)C(=O)N[C@H]2CC(N)=O. The molecule has 8 aromatic rings. The van der Waals surface area contributed by atoms with Crippen LogP contribution in [0, 0.1) is 12.8 Å². The monoisotopic (exact) mass is 1110 g/mol. The second kappa shape index (κ2) is 20.7. The number of azide groups is 1. The number of carbonyl (C=O) groups is 6. The summed E-state index contributed by atoms with van der Waals surface area (Å²) in [5, 5.41) is 43.7.